The van der Waals surface area contributed by atoms with Gasteiger partial charge in [-0.2, -0.15) is 5.10 Å². The molecular formula is C16H29N5. The van der Waals surface area contributed by atoms with Gasteiger partial charge in [0, 0.05) is 26.2 Å². The molecule has 0 saturated carbocycles. The SMILES string of the molecule is CCc1nn(C)c(N2CCC(N3CCCCC3)CC2)c1N. The largest absolute Gasteiger partial charge is 0.394 e. The maximum atomic E-state index is 6.29. The van der Waals surface area contributed by atoms with Crippen LogP contribution >= 0.6 is 0 Å². The van der Waals surface area contributed by atoms with Crippen LogP contribution in [0.25, 0.3) is 0 Å². The number of likely N-dealkylation sites (tertiary alicyclic amines) is 1. The van der Waals surface area contributed by atoms with Crippen molar-refractivity contribution in [3.05, 3.63) is 5.69 Å². The second-order valence-electron chi connectivity index (χ2n) is 6.48. The van der Waals surface area contributed by atoms with Crippen molar-refractivity contribution in [1.82, 2.24) is 14.7 Å². The van der Waals surface area contributed by atoms with Crippen molar-refractivity contribution in [3.8, 4) is 0 Å². The lowest BCUT2D eigenvalue weighted by molar-refractivity contribution is 0.141. The van der Waals surface area contributed by atoms with Crippen molar-refractivity contribution in [2.24, 2.45) is 7.05 Å². The molecule has 0 unspecified atom stereocenters. The molecule has 118 valence electrons. The highest BCUT2D eigenvalue weighted by molar-refractivity contribution is 5.66. The first kappa shape index (κ1) is 14.7. The van der Waals surface area contributed by atoms with Crippen LogP contribution in [0.1, 0.15) is 44.7 Å². The van der Waals surface area contributed by atoms with E-state index in [1.807, 2.05) is 11.7 Å². The van der Waals surface area contributed by atoms with Gasteiger partial charge in [0.2, 0.25) is 0 Å². The van der Waals surface area contributed by atoms with E-state index in [1.165, 1.54) is 45.2 Å². The molecule has 1 aromatic rings. The Bertz CT molecular complexity index is 467. The van der Waals surface area contributed by atoms with Gasteiger partial charge in [-0.15, -0.1) is 0 Å². The van der Waals surface area contributed by atoms with Crippen LogP contribution in [0.3, 0.4) is 0 Å². The Morgan fingerprint density at radius 2 is 1.76 bits per heavy atom. The van der Waals surface area contributed by atoms with E-state index in [0.717, 1.165) is 42.8 Å². The zero-order chi connectivity index (χ0) is 14.8. The highest BCUT2D eigenvalue weighted by Gasteiger charge is 2.28. The van der Waals surface area contributed by atoms with Crippen molar-refractivity contribution >= 4 is 11.5 Å². The number of nitrogens with zero attached hydrogens (tertiary/aromatic N) is 4. The monoisotopic (exact) mass is 291 g/mol. The summed E-state index contributed by atoms with van der Waals surface area (Å²) < 4.78 is 1.97. The number of hydrogen-bond donors (Lipinski definition) is 1. The Balaban J connectivity index is 1.64. The molecule has 2 fully saturated rings. The van der Waals surface area contributed by atoms with Crippen molar-refractivity contribution in [3.63, 3.8) is 0 Å². The second-order valence-corrected chi connectivity index (χ2v) is 6.48. The van der Waals surface area contributed by atoms with Crippen LogP contribution in [-0.4, -0.2) is 46.9 Å². The van der Waals surface area contributed by atoms with Gasteiger partial charge in [0.15, 0.2) is 0 Å². The van der Waals surface area contributed by atoms with E-state index < -0.39 is 0 Å². The van der Waals surface area contributed by atoms with E-state index in [9.17, 15) is 0 Å². The fourth-order valence-electron chi connectivity index (χ4n) is 3.95. The zero-order valence-electron chi connectivity index (χ0n) is 13.5. The molecule has 0 aliphatic carbocycles. The summed E-state index contributed by atoms with van der Waals surface area (Å²) in [4.78, 5) is 5.15. The number of nitrogens with two attached hydrogens (primary N) is 1. The smallest absolute Gasteiger partial charge is 0.150 e. The fourth-order valence-corrected chi connectivity index (χ4v) is 3.95. The molecule has 2 N–H and O–H groups in total. The molecule has 2 saturated heterocycles. The molecule has 0 bridgehead atoms. The van der Waals surface area contributed by atoms with E-state index in [1.54, 1.807) is 0 Å². The summed E-state index contributed by atoms with van der Waals surface area (Å²) in [5.41, 5.74) is 8.21. The summed E-state index contributed by atoms with van der Waals surface area (Å²) in [5.74, 6) is 1.13. The number of nitrogen functional groups attached to an aromatic ring is 1. The third kappa shape index (κ3) is 2.89. The van der Waals surface area contributed by atoms with Gasteiger partial charge in [-0.25, -0.2) is 0 Å². The van der Waals surface area contributed by atoms with Gasteiger partial charge in [-0.3, -0.25) is 4.68 Å². The molecule has 3 heterocycles. The minimum Gasteiger partial charge on any atom is -0.394 e. The summed E-state index contributed by atoms with van der Waals surface area (Å²) in [6.45, 7) is 6.93. The van der Waals surface area contributed by atoms with E-state index >= 15 is 0 Å². The number of aromatic nitrogens is 2. The first-order chi connectivity index (χ1) is 10.2. The van der Waals surface area contributed by atoms with Crippen LogP contribution < -0.4 is 10.6 Å². The van der Waals surface area contributed by atoms with Gasteiger partial charge in [-0.1, -0.05) is 13.3 Å². The first-order valence-electron chi connectivity index (χ1n) is 8.51. The third-order valence-electron chi connectivity index (χ3n) is 5.13. The standard InChI is InChI=1S/C16H29N5/c1-3-14-15(17)16(19(2)18-14)21-11-7-13(8-12-21)20-9-5-4-6-10-20/h13H,3-12,17H2,1-2H3. The predicted molar refractivity (Wildman–Crippen MR) is 87.7 cm³/mol. The van der Waals surface area contributed by atoms with Crippen molar-refractivity contribution in [2.75, 3.05) is 36.8 Å². The highest BCUT2D eigenvalue weighted by atomic mass is 15.4. The molecule has 0 aromatic carbocycles. The minimum absolute atomic E-state index is 0.779. The molecule has 5 nitrogen and oxygen atoms in total. The first-order valence-corrected chi connectivity index (χ1v) is 8.51. The van der Waals surface area contributed by atoms with Crippen LogP contribution in [0.15, 0.2) is 0 Å². The number of hydrogen-bond acceptors (Lipinski definition) is 4. The fraction of sp³-hybridized carbons (Fsp3) is 0.812. The lowest BCUT2D eigenvalue weighted by atomic mass is 10.00. The van der Waals surface area contributed by atoms with Gasteiger partial charge < -0.3 is 15.5 Å². The summed E-state index contributed by atoms with van der Waals surface area (Å²) in [5, 5.41) is 4.55. The molecule has 1 aromatic heterocycles. The molecular weight excluding hydrogens is 262 g/mol. The maximum Gasteiger partial charge on any atom is 0.150 e. The average Bonchev–Trinajstić information content (AvgIpc) is 2.82. The Labute approximate surface area is 128 Å². The lowest BCUT2D eigenvalue weighted by Gasteiger charge is -2.40. The summed E-state index contributed by atoms with van der Waals surface area (Å²) in [6, 6.07) is 0.779. The summed E-state index contributed by atoms with van der Waals surface area (Å²) >= 11 is 0. The normalized spacial score (nSPS) is 21.9. The zero-order valence-corrected chi connectivity index (χ0v) is 13.5. The molecule has 21 heavy (non-hydrogen) atoms. The summed E-state index contributed by atoms with van der Waals surface area (Å²) in [6.07, 6.45) is 7.60. The van der Waals surface area contributed by atoms with Crippen LogP contribution in [0.2, 0.25) is 0 Å². The molecule has 5 heteroatoms. The van der Waals surface area contributed by atoms with E-state index in [0.29, 0.717) is 0 Å². The van der Waals surface area contributed by atoms with E-state index in [2.05, 4.69) is 21.8 Å². The number of piperidine rings is 2. The highest BCUT2D eigenvalue weighted by Crippen LogP contribution is 2.30. The number of anilines is 2. The molecule has 0 radical (unpaired) electrons. The maximum absolute atomic E-state index is 6.29. The van der Waals surface area contributed by atoms with Gasteiger partial charge in [0.05, 0.1) is 11.4 Å². The van der Waals surface area contributed by atoms with E-state index in [4.69, 9.17) is 5.73 Å². The van der Waals surface area contributed by atoms with Crippen LogP contribution in [0, 0.1) is 0 Å². The lowest BCUT2D eigenvalue weighted by Crippen LogP contribution is -2.47. The molecule has 0 spiro atoms. The molecule has 0 atom stereocenters. The predicted octanol–water partition coefficient (Wildman–Crippen LogP) is 2.02. The molecule has 0 amide bonds. The van der Waals surface area contributed by atoms with Crippen molar-refractivity contribution in [1.29, 1.82) is 0 Å². The second kappa shape index (κ2) is 6.26. The van der Waals surface area contributed by atoms with Crippen LogP contribution in [0.4, 0.5) is 11.5 Å². The Morgan fingerprint density at radius 3 is 2.33 bits per heavy atom. The minimum atomic E-state index is 0.779. The van der Waals surface area contributed by atoms with Crippen LogP contribution in [0.5, 0.6) is 0 Å². The van der Waals surface area contributed by atoms with Gasteiger partial charge >= 0.3 is 0 Å². The van der Waals surface area contributed by atoms with Gasteiger partial charge in [-0.05, 0) is 45.2 Å². The van der Waals surface area contributed by atoms with Crippen LogP contribution in [-0.2, 0) is 13.5 Å². The van der Waals surface area contributed by atoms with Crippen molar-refractivity contribution in [2.45, 2.75) is 51.5 Å². The van der Waals surface area contributed by atoms with Gasteiger partial charge in [0.25, 0.3) is 0 Å². The molecule has 2 aliphatic heterocycles. The quantitative estimate of drug-likeness (QED) is 0.925. The number of rotatable bonds is 3. The Kier molecular flexibility index (Phi) is 4.38. The third-order valence-corrected chi connectivity index (χ3v) is 5.13. The summed E-state index contributed by atoms with van der Waals surface area (Å²) in [7, 11) is 2.02. The average molecular weight is 291 g/mol. The van der Waals surface area contributed by atoms with Gasteiger partial charge in [0.1, 0.15) is 5.82 Å². The van der Waals surface area contributed by atoms with E-state index in [-0.39, 0.29) is 0 Å². The Hall–Kier alpha value is -1.23. The Morgan fingerprint density at radius 1 is 1.10 bits per heavy atom. The molecule has 3 rings (SSSR count). The molecule has 2 aliphatic rings. The van der Waals surface area contributed by atoms with Crippen molar-refractivity contribution < 1.29 is 0 Å². The number of aryl methyl sites for hydroxylation is 2. The topological polar surface area (TPSA) is 50.3 Å².